The zero-order valence-corrected chi connectivity index (χ0v) is 11.5. The van der Waals surface area contributed by atoms with Crippen LogP contribution in [0.2, 0.25) is 6.04 Å². The fourth-order valence-corrected chi connectivity index (χ4v) is 2.35. The summed E-state index contributed by atoms with van der Waals surface area (Å²) in [7, 11) is -0.0566. The Bertz CT molecular complexity index is 185. The molecule has 0 radical (unpaired) electrons. The average molecular weight is 246 g/mol. The molecular weight excluding hydrogens is 224 g/mol. The molecule has 0 aliphatic rings. The minimum absolute atomic E-state index is 0.0566. The molecule has 0 aliphatic heterocycles. The molecule has 0 fully saturated rings. The van der Waals surface area contributed by atoms with Gasteiger partial charge in [-0.15, -0.1) is 0 Å². The monoisotopic (exact) mass is 246 g/mol. The predicted octanol–water partition coefficient (Wildman–Crippen LogP) is 0.703. The Hall–Kier alpha value is -0.653. The van der Waals surface area contributed by atoms with Gasteiger partial charge in [-0.05, 0) is 13.3 Å². The fourth-order valence-electron chi connectivity index (χ4n) is 1.09. The van der Waals surface area contributed by atoms with Crippen molar-refractivity contribution in [2.45, 2.75) is 19.4 Å². The van der Waals surface area contributed by atoms with E-state index in [2.05, 4.69) is 6.58 Å². The highest BCUT2D eigenvalue weighted by Crippen LogP contribution is 1.91. The first-order valence-corrected chi connectivity index (χ1v) is 7.76. The van der Waals surface area contributed by atoms with Gasteiger partial charge < -0.3 is 14.2 Å². The van der Waals surface area contributed by atoms with Crippen LogP contribution in [0.1, 0.15) is 13.3 Å². The van der Waals surface area contributed by atoms with Crippen molar-refractivity contribution in [2.75, 3.05) is 32.7 Å². The van der Waals surface area contributed by atoms with Gasteiger partial charge in [-0.3, -0.25) is 0 Å². The summed E-state index contributed by atoms with van der Waals surface area (Å²) in [4.78, 5) is 10.6. The maximum Gasteiger partial charge on any atom is 0.330 e. The van der Waals surface area contributed by atoms with Gasteiger partial charge in [-0.1, -0.05) is 12.6 Å². The lowest BCUT2D eigenvalue weighted by molar-refractivity contribution is -0.139. The third kappa shape index (κ3) is 11.4. The van der Waals surface area contributed by atoms with Gasteiger partial charge in [-0.25, -0.2) is 4.79 Å². The van der Waals surface area contributed by atoms with Crippen LogP contribution in [0.3, 0.4) is 0 Å². The number of carbonyl (C=O) groups excluding carboxylic acids is 1. The van der Waals surface area contributed by atoms with Crippen molar-refractivity contribution >= 4 is 15.5 Å². The second-order valence-electron chi connectivity index (χ2n) is 3.24. The zero-order chi connectivity index (χ0) is 12.1. The van der Waals surface area contributed by atoms with E-state index in [1.54, 1.807) is 0 Å². The summed E-state index contributed by atoms with van der Waals surface area (Å²) in [5, 5.41) is 0. The number of hydrogen-bond acceptors (Lipinski definition) is 4. The van der Waals surface area contributed by atoms with Crippen LogP contribution in [-0.4, -0.2) is 48.1 Å². The first-order chi connectivity index (χ1) is 7.81. The second-order valence-corrected chi connectivity index (χ2v) is 5.06. The third-order valence-corrected chi connectivity index (χ3v) is 3.50. The Morgan fingerprint density at radius 1 is 1.31 bits per heavy atom. The van der Waals surface area contributed by atoms with Crippen LogP contribution in [-0.2, 0) is 19.0 Å². The minimum Gasteiger partial charge on any atom is -0.460 e. The number of carbonyl (C=O) groups is 1. The Morgan fingerprint density at radius 2 is 2.12 bits per heavy atom. The molecule has 16 heavy (non-hydrogen) atoms. The van der Waals surface area contributed by atoms with Gasteiger partial charge in [-0.2, -0.15) is 0 Å². The molecule has 5 heteroatoms. The minimum atomic E-state index is -0.396. The topological polar surface area (TPSA) is 44.8 Å². The lowest BCUT2D eigenvalue weighted by Crippen LogP contribution is -2.09. The van der Waals surface area contributed by atoms with Gasteiger partial charge in [0.15, 0.2) is 0 Å². The van der Waals surface area contributed by atoms with Gasteiger partial charge in [0.05, 0.1) is 16.1 Å². The first kappa shape index (κ1) is 15.3. The fraction of sp³-hybridized carbons (Fsp3) is 0.727. The molecule has 0 spiro atoms. The van der Waals surface area contributed by atoms with Crippen LogP contribution >= 0.6 is 0 Å². The van der Waals surface area contributed by atoms with E-state index in [4.69, 9.17) is 14.2 Å². The summed E-state index contributed by atoms with van der Waals surface area (Å²) in [5.74, 6) is -0.396. The molecule has 0 aromatic rings. The van der Waals surface area contributed by atoms with E-state index in [1.165, 1.54) is 6.04 Å². The summed E-state index contributed by atoms with van der Waals surface area (Å²) < 4.78 is 15.3. The van der Waals surface area contributed by atoms with Crippen molar-refractivity contribution in [3.63, 3.8) is 0 Å². The standard InChI is InChI=1S/C11H22O4Si/c1-3-11(12)15-8-7-14-6-5-9-16-10-13-4-2/h3H,1,4-10,16H2,2H3. The van der Waals surface area contributed by atoms with Crippen molar-refractivity contribution in [3.8, 4) is 0 Å². The molecule has 0 bridgehead atoms. The number of ether oxygens (including phenoxy) is 3. The van der Waals surface area contributed by atoms with Crippen LogP contribution in [0.25, 0.3) is 0 Å². The third-order valence-electron chi connectivity index (χ3n) is 1.92. The second kappa shape index (κ2) is 12.4. The Morgan fingerprint density at radius 3 is 2.81 bits per heavy atom. The molecule has 0 N–H and O–H groups in total. The lowest BCUT2D eigenvalue weighted by Gasteiger charge is -2.04. The Labute approximate surface area is 99.8 Å². The SMILES string of the molecule is C=CC(=O)OCCOCCC[SiH2]COCC. The van der Waals surface area contributed by atoms with E-state index >= 15 is 0 Å². The van der Waals surface area contributed by atoms with Crippen LogP contribution in [0.15, 0.2) is 12.7 Å². The van der Waals surface area contributed by atoms with Gasteiger partial charge in [0.2, 0.25) is 0 Å². The molecule has 0 aliphatic carbocycles. The highest BCUT2D eigenvalue weighted by atomic mass is 28.2. The van der Waals surface area contributed by atoms with E-state index in [0.29, 0.717) is 13.2 Å². The number of rotatable bonds is 11. The van der Waals surface area contributed by atoms with E-state index in [1.807, 2.05) is 6.92 Å². The summed E-state index contributed by atoms with van der Waals surface area (Å²) in [6.45, 7) is 7.65. The van der Waals surface area contributed by atoms with Gasteiger partial charge in [0.1, 0.15) is 6.61 Å². The normalized spacial score (nSPS) is 10.8. The molecule has 0 saturated heterocycles. The predicted molar refractivity (Wildman–Crippen MR) is 66.4 cm³/mol. The Kier molecular flexibility index (Phi) is 11.9. The molecule has 0 amide bonds. The van der Waals surface area contributed by atoms with E-state index in [9.17, 15) is 4.79 Å². The largest absolute Gasteiger partial charge is 0.460 e. The zero-order valence-electron chi connectivity index (χ0n) is 10.1. The van der Waals surface area contributed by atoms with Gasteiger partial charge >= 0.3 is 5.97 Å². The van der Waals surface area contributed by atoms with Crippen molar-refractivity contribution in [1.29, 1.82) is 0 Å². The molecule has 0 unspecified atom stereocenters. The summed E-state index contributed by atoms with van der Waals surface area (Å²) >= 11 is 0. The average Bonchev–Trinajstić information content (AvgIpc) is 2.31. The molecule has 94 valence electrons. The smallest absolute Gasteiger partial charge is 0.330 e. The summed E-state index contributed by atoms with van der Waals surface area (Å²) in [6.07, 6.45) is 3.20. The molecule has 0 rings (SSSR count). The molecule has 4 nitrogen and oxygen atoms in total. The quantitative estimate of drug-likeness (QED) is 0.233. The lowest BCUT2D eigenvalue weighted by atomic mass is 10.5. The van der Waals surface area contributed by atoms with Gasteiger partial charge in [0.25, 0.3) is 0 Å². The van der Waals surface area contributed by atoms with E-state index in [0.717, 1.165) is 31.9 Å². The van der Waals surface area contributed by atoms with Crippen LogP contribution in [0.4, 0.5) is 0 Å². The maximum atomic E-state index is 10.6. The van der Waals surface area contributed by atoms with Crippen molar-refractivity contribution in [2.24, 2.45) is 0 Å². The molecule has 0 heterocycles. The number of hydrogen-bond donors (Lipinski definition) is 0. The van der Waals surface area contributed by atoms with Crippen molar-refractivity contribution in [3.05, 3.63) is 12.7 Å². The highest BCUT2D eigenvalue weighted by Gasteiger charge is 1.95. The van der Waals surface area contributed by atoms with Crippen molar-refractivity contribution in [1.82, 2.24) is 0 Å². The summed E-state index contributed by atoms with van der Waals surface area (Å²) in [5.41, 5.74) is 0. The number of esters is 1. The molecule has 0 atom stereocenters. The van der Waals surface area contributed by atoms with Crippen molar-refractivity contribution < 1.29 is 19.0 Å². The molecule has 0 aromatic carbocycles. The van der Waals surface area contributed by atoms with E-state index < -0.39 is 5.97 Å². The van der Waals surface area contributed by atoms with Crippen LogP contribution in [0.5, 0.6) is 0 Å². The molecule has 0 aromatic heterocycles. The van der Waals surface area contributed by atoms with Crippen LogP contribution in [0, 0.1) is 0 Å². The summed E-state index contributed by atoms with van der Waals surface area (Å²) in [6, 6.07) is 1.24. The van der Waals surface area contributed by atoms with Crippen LogP contribution < -0.4 is 0 Å². The van der Waals surface area contributed by atoms with Gasteiger partial charge in [0, 0.05) is 25.5 Å². The Balaban J connectivity index is 2.98. The molecule has 0 saturated carbocycles. The maximum absolute atomic E-state index is 10.6. The van der Waals surface area contributed by atoms with E-state index in [-0.39, 0.29) is 9.52 Å². The highest BCUT2D eigenvalue weighted by molar-refractivity contribution is 6.35. The first-order valence-electron chi connectivity index (χ1n) is 5.76. The molecular formula is C11H22O4Si.